The van der Waals surface area contributed by atoms with Crippen LogP contribution in [-0.4, -0.2) is 20.1 Å². The first-order valence-corrected chi connectivity index (χ1v) is 8.71. The number of methoxy groups -OCH3 is 2. The largest absolute Gasteiger partial charge is 0.497 e. The zero-order chi connectivity index (χ0) is 17.6. The van der Waals surface area contributed by atoms with Crippen molar-refractivity contribution in [1.82, 2.24) is 5.32 Å². The molecule has 0 saturated carbocycles. The van der Waals surface area contributed by atoms with Crippen molar-refractivity contribution in [2.75, 3.05) is 14.2 Å². The molecule has 0 radical (unpaired) electrons. The number of hydrogen-bond donors (Lipinski definition) is 1. The minimum atomic E-state index is -0.112. The van der Waals surface area contributed by atoms with Crippen molar-refractivity contribution in [1.29, 1.82) is 0 Å². The maximum Gasteiger partial charge on any atom is 0.251 e. The van der Waals surface area contributed by atoms with E-state index in [-0.39, 0.29) is 5.91 Å². The van der Waals surface area contributed by atoms with Crippen molar-refractivity contribution in [3.05, 3.63) is 71.1 Å². The minimum absolute atomic E-state index is 0.112. The Morgan fingerprint density at radius 3 is 2.24 bits per heavy atom. The minimum Gasteiger partial charge on any atom is -0.497 e. The summed E-state index contributed by atoms with van der Waals surface area (Å²) in [5.74, 6) is 1.28. The van der Waals surface area contributed by atoms with Gasteiger partial charge in [0, 0.05) is 23.1 Å². The zero-order valence-electron chi connectivity index (χ0n) is 14.1. The number of carbonyl (C=O) groups is 1. The molecule has 0 fully saturated rings. The molecule has 0 aliphatic carbocycles. The number of thiophene rings is 1. The average molecular weight is 353 g/mol. The lowest BCUT2D eigenvalue weighted by molar-refractivity contribution is 0.0951. The van der Waals surface area contributed by atoms with Gasteiger partial charge in [-0.15, -0.1) is 11.3 Å². The van der Waals surface area contributed by atoms with Crippen LogP contribution in [0.15, 0.2) is 60.0 Å². The molecule has 3 rings (SSSR count). The molecule has 3 aromatic rings. The summed E-state index contributed by atoms with van der Waals surface area (Å²) in [4.78, 5) is 13.5. The Labute approximate surface area is 151 Å². The average Bonchev–Trinajstić information content (AvgIpc) is 3.20. The van der Waals surface area contributed by atoms with Crippen LogP contribution in [0.25, 0.3) is 10.4 Å². The molecule has 0 spiro atoms. The van der Waals surface area contributed by atoms with Gasteiger partial charge < -0.3 is 14.8 Å². The molecule has 0 atom stereocenters. The quantitative estimate of drug-likeness (QED) is 0.716. The molecule has 1 N–H and O–H groups in total. The SMILES string of the molecule is COc1cc(CNC(=O)c2ccc(-c3cccs3)cc2)cc(OC)c1. The number of nitrogens with one attached hydrogen (secondary N) is 1. The lowest BCUT2D eigenvalue weighted by atomic mass is 10.1. The van der Waals surface area contributed by atoms with E-state index in [1.54, 1.807) is 31.6 Å². The van der Waals surface area contributed by atoms with Crippen LogP contribution in [0.2, 0.25) is 0 Å². The topological polar surface area (TPSA) is 47.6 Å². The summed E-state index contributed by atoms with van der Waals surface area (Å²) in [6, 6.07) is 17.3. The lowest BCUT2D eigenvalue weighted by Gasteiger charge is -2.10. The van der Waals surface area contributed by atoms with Crippen LogP contribution in [0.1, 0.15) is 15.9 Å². The number of rotatable bonds is 6. The first-order valence-electron chi connectivity index (χ1n) is 7.83. The maximum absolute atomic E-state index is 12.4. The molecule has 1 aromatic heterocycles. The van der Waals surface area contributed by atoms with Crippen molar-refractivity contribution >= 4 is 17.2 Å². The number of benzene rings is 2. The molecule has 5 heteroatoms. The van der Waals surface area contributed by atoms with Gasteiger partial charge in [-0.3, -0.25) is 4.79 Å². The molecule has 1 heterocycles. The van der Waals surface area contributed by atoms with E-state index < -0.39 is 0 Å². The molecular weight excluding hydrogens is 334 g/mol. The Hall–Kier alpha value is -2.79. The molecule has 4 nitrogen and oxygen atoms in total. The summed E-state index contributed by atoms with van der Waals surface area (Å²) >= 11 is 1.68. The third-order valence-corrected chi connectivity index (χ3v) is 4.74. The highest BCUT2D eigenvalue weighted by Crippen LogP contribution is 2.25. The molecule has 2 aromatic carbocycles. The Morgan fingerprint density at radius 2 is 1.68 bits per heavy atom. The van der Waals surface area contributed by atoms with Crippen molar-refractivity contribution in [3.8, 4) is 21.9 Å². The highest BCUT2D eigenvalue weighted by molar-refractivity contribution is 7.13. The number of amides is 1. The number of ether oxygens (including phenoxy) is 2. The van der Waals surface area contributed by atoms with E-state index in [1.165, 1.54) is 4.88 Å². The first kappa shape index (κ1) is 17.0. The molecule has 0 saturated heterocycles. The number of hydrogen-bond acceptors (Lipinski definition) is 4. The van der Waals surface area contributed by atoms with Gasteiger partial charge in [-0.05, 0) is 46.8 Å². The van der Waals surface area contributed by atoms with Crippen LogP contribution >= 0.6 is 11.3 Å². The van der Waals surface area contributed by atoms with Crippen LogP contribution in [-0.2, 0) is 6.54 Å². The van der Waals surface area contributed by atoms with E-state index in [0.717, 1.165) is 11.1 Å². The molecule has 0 unspecified atom stereocenters. The molecule has 0 aliphatic rings. The van der Waals surface area contributed by atoms with Crippen molar-refractivity contribution in [2.45, 2.75) is 6.54 Å². The van der Waals surface area contributed by atoms with Gasteiger partial charge in [0.05, 0.1) is 14.2 Å². The fraction of sp³-hybridized carbons (Fsp3) is 0.150. The number of carbonyl (C=O) groups excluding carboxylic acids is 1. The lowest BCUT2D eigenvalue weighted by Crippen LogP contribution is -2.22. The predicted octanol–water partition coefficient (Wildman–Crippen LogP) is 4.36. The monoisotopic (exact) mass is 353 g/mol. The zero-order valence-corrected chi connectivity index (χ0v) is 14.9. The molecular formula is C20H19NO3S. The van der Waals surface area contributed by atoms with Gasteiger partial charge in [-0.1, -0.05) is 18.2 Å². The molecule has 0 bridgehead atoms. The van der Waals surface area contributed by atoms with Crippen molar-refractivity contribution in [2.24, 2.45) is 0 Å². The van der Waals surface area contributed by atoms with Crippen LogP contribution in [0, 0.1) is 0 Å². The first-order chi connectivity index (χ1) is 12.2. The predicted molar refractivity (Wildman–Crippen MR) is 100 cm³/mol. The van der Waals surface area contributed by atoms with E-state index >= 15 is 0 Å². The third kappa shape index (κ3) is 4.19. The van der Waals surface area contributed by atoms with Gasteiger partial charge in [0.15, 0.2) is 0 Å². The van der Waals surface area contributed by atoms with E-state index in [1.807, 2.05) is 47.8 Å². The summed E-state index contributed by atoms with van der Waals surface area (Å²) in [6.07, 6.45) is 0. The fourth-order valence-corrected chi connectivity index (χ4v) is 3.21. The van der Waals surface area contributed by atoms with Gasteiger partial charge in [-0.25, -0.2) is 0 Å². The Balaban J connectivity index is 1.66. The highest BCUT2D eigenvalue weighted by atomic mass is 32.1. The van der Waals surface area contributed by atoms with Gasteiger partial charge in [0.2, 0.25) is 0 Å². The van der Waals surface area contributed by atoms with E-state index in [2.05, 4.69) is 11.4 Å². The van der Waals surface area contributed by atoms with Gasteiger partial charge in [-0.2, -0.15) is 0 Å². The highest BCUT2D eigenvalue weighted by Gasteiger charge is 2.08. The summed E-state index contributed by atoms with van der Waals surface area (Å²) in [5, 5.41) is 4.96. The third-order valence-electron chi connectivity index (χ3n) is 3.82. The summed E-state index contributed by atoms with van der Waals surface area (Å²) in [7, 11) is 3.21. The van der Waals surface area contributed by atoms with Crippen LogP contribution < -0.4 is 14.8 Å². The molecule has 25 heavy (non-hydrogen) atoms. The summed E-state index contributed by atoms with van der Waals surface area (Å²) < 4.78 is 10.5. The van der Waals surface area contributed by atoms with E-state index in [4.69, 9.17) is 9.47 Å². The van der Waals surface area contributed by atoms with Crippen LogP contribution in [0.4, 0.5) is 0 Å². The smallest absolute Gasteiger partial charge is 0.251 e. The van der Waals surface area contributed by atoms with Gasteiger partial charge in [0.1, 0.15) is 11.5 Å². The molecule has 0 aliphatic heterocycles. The Kier molecular flexibility index (Phi) is 5.36. The summed E-state index contributed by atoms with van der Waals surface area (Å²) in [5.41, 5.74) is 2.67. The van der Waals surface area contributed by atoms with E-state index in [0.29, 0.717) is 23.6 Å². The van der Waals surface area contributed by atoms with Gasteiger partial charge in [0.25, 0.3) is 5.91 Å². The van der Waals surface area contributed by atoms with Crippen LogP contribution in [0.5, 0.6) is 11.5 Å². The Morgan fingerprint density at radius 1 is 1.00 bits per heavy atom. The van der Waals surface area contributed by atoms with Crippen molar-refractivity contribution in [3.63, 3.8) is 0 Å². The van der Waals surface area contributed by atoms with E-state index in [9.17, 15) is 4.79 Å². The molecule has 1 amide bonds. The maximum atomic E-state index is 12.4. The van der Waals surface area contributed by atoms with Crippen molar-refractivity contribution < 1.29 is 14.3 Å². The summed E-state index contributed by atoms with van der Waals surface area (Å²) in [6.45, 7) is 0.402. The Bertz CT molecular complexity index is 820. The second-order valence-corrected chi connectivity index (χ2v) is 6.41. The van der Waals surface area contributed by atoms with Crippen LogP contribution in [0.3, 0.4) is 0 Å². The fourth-order valence-electron chi connectivity index (χ4n) is 2.48. The standard InChI is InChI=1S/C20H19NO3S/c1-23-17-10-14(11-18(12-17)24-2)13-21-20(22)16-7-5-15(6-8-16)19-4-3-9-25-19/h3-12H,13H2,1-2H3,(H,21,22). The second-order valence-electron chi connectivity index (χ2n) is 5.46. The molecule has 128 valence electrons. The van der Waals surface area contributed by atoms with Gasteiger partial charge >= 0.3 is 0 Å². The second kappa shape index (κ2) is 7.85. The normalized spacial score (nSPS) is 10.3.